The normalized spacial score (nSPS) is 33.1. The number of fused-ring (bicyclic) bond motifs is 1. The highest BCUT2D eigenvalue weighted by atomic mass is 16.4. The van der Waals surface area contributed by atoms with Crippen molar-refractivity contribution >= 4 is 5.97 Å². The molecule has 2 rings (SSSR count). The van der Waals surface area contributed by atoms with E-state index in [1.165, 1.54) is 44.9 Å². The topological polar surface area (TPSA) is 40.5 Å². The first kappa shape index (κ1) is 14.8. The quantitative estimate of drug-likeness (QED) is 0.746. The first-order chi connectivity index (χ1) is 9.15. The highest BCUT2D eigenvalue weighted by Gasteiger charge is 2.46. The molecule has 0 radical (unpaired) electrons. The van der Waals surface area contributed by atoms with Gasteiger partial charge in [0.15, 0.2) is 0 Å². The molecule has 0 bridgehead atoms. The molecule has 0 aromatic rings. The fourth-order valence-corrected chi connectivity index (χ4v) is 4.20. The van der Waals surface area contributed by atoms with Crippen LogP contribution < -0.4 is 0 Å². The van der Waals surface area contributed by atoms with Crippen molar-refractivity contribution in [1.82, 2.24) is 4.90 Å². The van der Waals surface area contributed by atoms with E-state index in [1.807, 2.05) is 0 Å². The van der Waals surface area contributed by atoms with Crippen molar-refractivity contribution in [2.45, 2.75) is 89.8 Å². The van der Waals surface area contributed by atoms with E-state index in [0.29, 0.717) is 18.0 Å². The Kier molecular flexibility index (Phi) is 5.26. The summed E-state index contributed by atoms with van der Waals surface area (Å²) in [4.78, 5) is 13.9. The molecule has 19 heavy (non-hydrogen) atoms. The van der Waals surface area contributed by atoms with Gasteiger partial charge in [-0.25, -0.2) is 0 Å². The van der Waals surface area contributed by atoms with Gasteiger partial charge in [0.05, 0.1) is 0 Å². The van der Waals surface area contributed by atoms with E-state index in [4.69, 9.17) is 0 Å². The molecule has 1 aliphatic heterocycles. The minimum atomic E-state index is -0.600. The lowest BCUT2D eigenvalue weighted by Crippen LogP contribution is -2.47. The highest BCUT2D eigenvalue weighted by Crippen LogP contribution is 2.41. The zero-order valence-electron chi connectivity index (χ0n) is 12.5. The van der Waals surface area contributed by atoms with Crippen LogP contribution >= 0.6 is 0 Å². The van der Waals surface area contributed by atoms with Crippen molar-refractivity contribution in [1.29, 1.82) is 0 Å². The Hall–Kier alpha value is -0.570. The van der Waals surface area contributed by atoms with E-state index in [2.05, 4.69) is 18.7 Å². The summed E-state index contributed by atoms with van der Waals surface area (Å²) >= 11 is 0. The summed E-state index contributed by atoms with van der Waals surface area (Å²) in [6, 6.07) is 0.761. The molecule has 110 valence electrons. The van der Waals surface area contributed by atoms with Gasteiger partial charge in [-0.2, -0.15) is 0 Å². The molecule has 0 amide bonds. The average molecular weight is 267 g/mol. The standard InChI is InChI=1S/C16H29NO2/c1-3-4-5-8-12(2)17-14-10-7-6-9-13(14)11-15(17)16(18)19/h12-15H,3-11H2,1-2H3,(H,18,19). The lowest BCUT2D eigenvalue weighted by molar-refractivity contribution is -0.143. The van der Waals surface area contributed by atoms with E-state index in [1.54, 1.807) is 0 Å². The van der Waals surface area contributed by atoms with Crippen LogP contribution in [-0.2, 0) is 4.79 Å². The summed E-state index contributed by atoms with van der Waals surface area (Å²) in [6.07, 6.45) is 10.8. The highest BCUT2D eigenvalue weighted by molar-refractivity contribution is 5.74. The van der Waals surface area contributed by atoms with E-state index in [-0.39, 0.29) is 6.04 Å². The Bertz CT molecular complexity index is 305. The van der Waals surface area contributed by atoms with Crippen LogP contribution in [0.5, 0.6) is 0 Å². The van der Waals surface area contributed by atoms with E-state index in [0.717, 1.165) is 12.8 Å². The molecule has 1 N–H and O–H groups in total. The van der Waals surface area contributed by atoms with Crippen LogP contribution in [-0.4, -0.2) is 34.1 Å². The van der Waals surface area contributed by atoms with Crippen molar-refractivity contribution in [3.63, 3.8) is 0 Å². The molecule has 2 aliphatic rings. The Morgan fingerprint density at radius 1 is 1.32 bits per heavy atom. The molecule has 1 saturated heterocycles. The first-order valence-electron chi connectivity index (χ1n) is 8.15. The summed E-state index contributed by atoms with van der Waals surface area (Å²) in [5.41, 5.74) is 0. The number of carbonyl (C=O) groups is 1. The second-order valence-electron chi connectivity index (χ2n) is 6.49. The predicted molar refractivity (Wildman–Crippen MR) is 77.2 cm³/mol. The van der Waals surface area contributed by atoms with E-state index < -0.39 is 5.97 Å². The monoisotopic (exact) mass is 267 g/mol. The number of likely N-dealkylation sites (tertiary alicyclic amines) is 1. The molecule has 1 heterocycles. The third-order valence-electron chi connectivity index (χ3n) is 5.16. The second-order valence-corrected chi connectivity index (χ2v) is 6.49. The van der Waals surface area contributed by atoms with Gasteiger partial charge in [-0.05, 0) is 38.5 Å². The van der Waals surface area contributed by atoms with Crippen LogP contribution in [0.1, 0.15) is 71.6 Å². The first-order valence-corrected chi connectivity index (χ1v) is 8.15. The Labute approximate surface area is 117 Å². The van der Waals surface area contributed by atoms with Crippen LogP contribution in [0.4, 0.5) is 0 Å². The maximum absolute atomic E-state index is 11.5. The maximum Gasteiger partial charge on any atom is 0.320 e. The Morgan fingerprint density at radius 3 is 2.74 bits per heavy atom. The smallest absolute Gasteiger partial charge is 0.320 e. The molecule has 2 fully saturated rings. The third-order valence-corrected chi connectivity index (χ3v) is 5.16. The van der Waals surface area contributed by atoms with Crippen molar-refractivity contribution in [3.05, 3.63) is 0 Å². The summed E-state index contributed by atoms with van der Waals surface area (Å²) in [7, 11) is 0. The SMILES string of the molecule is CCCCCC(C)N1C(C(=O)O)CC2CCCCC21. The largest absolute Gasteiger partial charge is 0.480 e. The average Bonchev–Trinajstić information content (AvgIpc) is 2.78. The Balaban J connectivity index is 2.02. The molecule has 0 aromatic carbocycles. The van der Waals surface area contributed by atoms with E-state index >= 15 is 0 Å². The second kappa shape index (κ2) is 6.74. The van der Waals surface area contributed by atoms with Gasteiger partial charge in [-0.15, -0.1) is 0 Å². The number of hydrogen-bond acceptors (Lipinski definition) is 2. The van der Waals surface area contributed by atoms with Gasteiger partial charge in [0.25, 0.3) is 0 Å². The van der Waals surface area contributed by atoms with Gasteiger partial charge in [0.2, 0.25) is 0 Å². The van der Waals surface area contributed by atoms with Crippen LogP contribution in [0, 0.1) is 5.92 Å². The molecule has 0 spiro atoms. The summed E-state index contributed by atoms with van der Waals surface area (Å²) in [5.74, 6) is 0.0419. The van der Waals surface area contributed by atoms with Gasteiger partial charge in [0, 0.05) is 12.1 Å². The van der Waals surface area contributed by atoms with Crippen LogP contribution in [0.25, 0.3) is 0 Å². The number of carboxylic acids is 1. The Morgan fingerprint density at radius 2 is 2.05 bits per heavy atom. The molecular formula is C16H29NO2. The molecule has 1 aliphatic carbocycles. The van der Waals surface area contributed by atoms with Crippen molar-refractivity contribution < 1.29 is 9.90 Å². The van der Waals surface area contributed by atoms with Crippen LogP contribution in [0.3, 0.4) is 0 Å². The number of carboxylic acid groups (broad SMARTS) is 1. The minimum absolute atomic E-state index is 0.218. The summed E-state index contributed by atoms with van der Waals surface area (Å²) in [5, 5.41) is 9.51. The van der Waals surface area contributed by atoms with Gasteiger partial charge in [-0.1, -0.05) is 39.0 Å². The van der Waals surface area contributed by atoms with Crippen molar-refractivity contribution in [3.8, 4) is 0 Å². The fourth-order valence-electron chi connectivity index (χ4n) is 4.20. The van der Waals surface area contributed by atoms with Crippen LogP contribution in [0.2, 0.25) is 0 Å². The van der Waals surface area contributed by atoms with E-state index in [9.17, 15) is 9.90 Å². The number of hydrogen-bond donors (Lipinski definition) is 1. The van der Waals surface area contributed by atoms with Gasteiger partial charge in [0.1, 0.15) is 6.04 Å². The van der Waals surface area contributed by atoms with Crippen molar-refractivity contribution in [2.24, 2.45) is 5.92 Å². The third kappa shape index (κ3) is 3.31. The molecule has 3 heteroatoms. The summed E-state index contributed by atoms with van der Waals surface area (Å²) in [6.45, 7) is 4.46. The zero-order chi connectivity index (χ0) is 13.8. The number of unbranched alkanes of at least 4 members (excludes halogenated alkanes) is 2. The lowest BCUT2D eigenvalue weighted by atomic mass is 9.84. The summed E-state index contributed by atoms with van der Waals surface area (Å²) < 4.78 is 0. The minimum Gasteiger partial charge on any atom is -0.480 e. The number of rotatable bonds is 6. The predicted octanol–water partition coefficient (Wildman–Crippen LogP) is 3.67. The molecule has 4 unspecified atom stereocenters. The lowest BCUT2D eigenvalue weighted by Gasteiger charge is -2.37. The molecule has 4 atom stereocenters. The molecular weight excluding hydrogens is 238 g/mol. The molecule has 3 nitrogen and oxygen atoms in total. The fraction of sp³-hybridized carbons (Fsp3) is 0.938. The zero-order valence-corrected chi connectivity index (χ0v) is 12.5. The molecule has 0 aromatic heterocycles. The van der Waals surface area contributed by atoms with Crippen LogP contribution in [0.15, 0.2) is 0 Å². The number of nitrogens with zero attached hydrogens (tertiary/aromatic N) is 1. The number of aliphatic carboxylic acids is 1. The van der Waals surface area contributed by atoms with Gasteiger partial charge in [-0.3, -0.25) is 9.69 Å². The van der Waals surface area contributed by atoms with Gasteiger partial charge < -0.3 is 5.11 Å². The maximum atomic E-state index is 11.5. The van der Waals surface area contributed by atoms with Gasteiger partial charge >= 0.3 is 5.97 Å². The molecule has 1 saturated carbocycles. The van der Waals surface area contributed by atoms with Crippen molar-refractivity contribution in [2.75, 3.05) is 0 Å².